The molecule has 0 aromatic carbocycles. The predicted molar refractivity (Wildman–Crippen MR) is 100 cm³/mol. The van der Waals surface area contributed by atoms with Crippen LogP contribution in [0.25, 0.3) is 21.9 Å². The highest BCUT2D eigenvalue weighted by atomic mass is 19.4. The van der Waals surface area contributed by atoms with Crippen LogP contribution in [0.2, 0.25) is 0 Å². The van der Waals surface area contributed by atoms with E-state index in [1.165, 1.54) is 7.05 Å². The lowest BCUT2D eigenvalue weighted by Gasteiger charge is -2.35. The van der Waals surface area contributed by atoms with E-state index in [4.69, 9.17) is 0 Å². The van der Waals surface area contributed by atoms with Crippen LogP contribution in [0.1, 0.15) is 12.8 Å². The number of carbonyl (C=O) groups is 1. The molecule has 3 aromatic heterocycles. The molecule has 1 saturated heterocycles. The summed E-state index contributed by atoms with van der Waals surface area (Å²) in [4.78, 5) is 27.1. The number of pyridine rings is 2. The zero-order valence-corrected chi connectivity index (χ0v) is 15.3. The average Bonchev–Trinajstić information content (AvgIpc) is 3.15. The SMILES string of the molecule is CN(CC(F)(F)F)C(=O)C1CCN(c2cc[nH]c3cnc4nccc4c23)CC1. The molecule has 148 valence electrons. The van der Waals surface area contributed by atoms with Gasteiger partial charge in [0.2, 0.25) is 5.91 Å². The van der Waals surface area contributed by atoms with Gasteiger partial charge in [-0.25, -0.2) is 9.97 Å². The molecule has 1 N–H and O–H groups in total. The quantitative estimate of drug-likeness (QED) is 0.744. The summed E-state index contributed by atoms with van der Waals surface area (Å²) in [5.74, 6) is -0.817. The maximum absolute atomic E-state index is 12.6. The third-order valence-corrected chi connectivity index (χ3v) is 5.25. The molecule has 0 bridgehead atoms. The topological polar surface area (TPSA) is 65.1 Å². The van der Waals surface area contributed by atoms with Gasteiger partial charge in [0.25, 0.3) is 0 Å². The minimum atomic E-state index is -4.38. The fraction of sp³-hybridized carbons (Fsp3) is 0.421. The first kappa shape index (κ1) is 18.5. The second kappa shape index (κ2) is 6.96. The summed E-state index contributed by atoms with van der Waals surface area (Å²) in [6.45, 7) is 0.000832. The van der Waals surface area contributed by atoms with Gasteiger partial charge in [-0.1, -0.05) is 0 Å². The van der Waals surface area contributed by atoms with Crippen molar-refractivity contribution in [2.45, 2.75) is 19.0 Å². The number of anilines is 1. The van der Waals surface area contributed by atoms with Crippen LogP contribution in [0.4, 0.5) is 18.9 Å². The van der Waals surface area contributed by atoms with Gasteiger partial charge in [0.05, 0.1) is 11.7 Å². The average molecular weight is 391 g/mol. The highest BCUT2D eigenvalue weighted by Gasteiger charge is 2.34. The lowest BCUT2D eigenvalue weighted by molar-refractivity contribution is -0.161. The Morgan fingerprint density at radius 3 is 2.75 bits per heavy atom. The zero-order valence-electron chi connectivity index (χ0n) is 15.3. The van der Waals surface area contributed by atoms with Crippen molar-refractivity contribution in [3.05, 3.63) is 30.7 Å². The Labute approximate surface area is 159 Å². The summed E-state index contributed by atoms with van der Waals surface area (Å²) in [5.41, 5.74) is 2.58. The number of carbonyl (C=O) groups excluding carboxylic acids is 1. The summed E-state index contributed by atoms with van der Waals surface area (Å²) in [6, 6.07) is 3.90. The Morgan fingerprint density at radius 1 is 1.29 bits per heavy atom. The largest absolute Gasteiger partial charge is 0.406 e. The Hall–Kier alpha value is -2.84. The summed E-state index contributed by atoms with van der Waals surface area (Å²) >= 11 is 0. The van der Waals surface area contributed by atoms with Gasteiger partial charge in [-0.3, -0.25) is 4.79 Å². The number of halogens is 3. The molecular formula is C19H20F3N5O. The van der Waals surface area contributed by atoms with Crippen LogP contribution in [-0.4, -0.2) is 58.6 Å². The number of piperidine rings is 1. The minimum Gasteiger partial charge on any atom is -0.371 e. The van der Waals surface area contributed by atoms with Crippen molar-refractivity contribution in [3.8, 4) is 0 Å². The molecule has 0 radical (unpaired) electrons. The molecule has 0 atom stereocenters. The molecule has 0 unspecified atom stereocenters. The molecule has 6 nitrogen and oxygen atoms in total. The van der Waals surface area contributed by atoms with Crippen LogP contribution in [-0.2, 0) is 4.79 Å². The summed E-state index contributed by atoms with van der Waals surface area (Å²) in [7, 11) is 1.22. The molecule has 9 heteroatoms. The first-order valence-corrected chi connectivity index (χ1v) is 9.11. The van der Waals surface area contributed by atoms with E-state index in [1.807, 2.05) is 18.3 Å². The second-order valence-corrected chi connectivity index (χ2v) is 7.16. The van der Waals surface area contributed by atoms with Gasteiger partial charge in [-0.2, -0.15) is 13.2 Å². The highest BCUT2D eigenvalue weighted by Crippen LogP contribution is 2.33. The lowest BCUT2D eigenvalue weighted by atomic mass is 9.94. The monoisotopic (exact) mass is 391 g/mol. The first-order chi connectivity index (χ1) is 13.3. The third-order valence-electron chi connectivity index (χ3n) is 5.25. The van der Waals surface area contributed by atoms with Crippen LogP contribution in [0, 0.1) is 5.92 Å². The molecule has 3 aromatic rings. The Bertz CT molecular complexity index is 1010. The number of aromatic nitrogens is 3. The normalized spacial score (nSPS) is 16.1. The molecule has 1 fully saturated rings. The second-order valence-electron chi connectivity index (χ2n) is 7.16. The summed E-state index contributed by atoms with van der Waals surface area (Å²) in [6.07, 6.45) is 1.97. The number of fused-ring (bicyclic) bond motifs is 3. The van der Waals surface area contributed by atoms with E-state index in [1.54, 1.807) is 12.4 Å². The van der Waals surface area contributed by atoms with E-state index < -0.39 is 18.6 Å². The van der Waals surface area contributed by atoms with Gasteiger partial charge in [-0.05, 0) is 25.0 Å². The number of H-pyrrole nitrogens is 1. The number of alkyl halides is 3. The van der Waals surface area contributed by atoms with Crippen LogP contribution in [0.3, 0.4) is 0 Å². The number of amides is 1. The number of rotatable bonds is 3. The fourth-order valence-electron chi connectivity index (χ4n) is 3.93. The van der Waals surface area contributed by atoms with Crippen molar-refractivity contribution >= 4 is 33.5 Å². The van der Waals surface area contributed by atoms with Gasteiger partial charge >= 0.3 is 6.18 Å². The predicted octanol–water partition coefficient (Wildman–Crippen LogP) is 3.35. The molecule has 4 rings (SSSR count). The standard InChI is InChI=1S/C19H20F3N5O/c1-26(11-19(20,21)22)18(28)12-4-8-27(9-5-12)15-3-7-23-14-10-25-17-13(16(14)15)2-6-24-17/h2-3,6-7,10,12,23H,4-5,8-9,11H2,1H3. The summed E-state index contributed by atoms with van der Waals surface area (Å²) < 4.78 is 37.7. The molecule has 1 aliphatic heterocycles. The molecule has 0 aliphatic carbocycles. The van der Waals surface area contributed by atoms with Crippen molar-refractivity contribution in [1.29, 1.82) is 0 Å². The first-order valence-electron chi connectivity index (χ1n) is 9.11. The molecule has 1 aliphatic rings. The van der Waals surface area contributed by atoms with E-state index in [0.29, 0.717) is 31.6 Å². The maximum Gasteiger partial charge on any atom is 0.406 e. The highest BCUT2D eigenvalue weighted by molar-refractivity contribution is 6.10. The van der Waals surface area contributed by atoms with Crippen LogP contribution in [0.5, 0.6) is 0 Å². The molecule has 4 heterocycles. The van der Waals surface area contributed by atoms with Crippen molar-refractivity contribution in [3.63, 3.8) is 0 Å². The Morgan fingerprint density at radius 2 is 2.04 bits per heavy atom. The van der Waals surface area contributed by atoms with E-state index in [2.05, 4.69) is 19.9 Å². The molecule has 0 saturated carbocycles. The van der Waals surface area contributed by atoms with Crippen molar-refractivity contribution < 1.29 is 18.0 Å². The number of hydrogen-bond acceptors (Lipinski definition) is 4. The zero-order chi connectivity index (χ0) is 19.9. The molecule has 0 spiro atoms. The van der Waals surface area contributed by atoms with Crippen LogP contribution < -0.4 is 4.90 Å². The van der Waals surface area contributed by atoms with Crippen LogP contribution in [0.15, 0.2) is 30.7 Å². The molecule has 28 heavy (non-hydrogen) atoms. The number of aromatic amines is 1. The summed E-state index contributed by atoms with van der Waals surface area (Å²) in [5, 5.41) is 1.97. The number of nitrogens with zero attached hydrogens (tertiary/aromatic N) is 4. The maximum atomic E-state index is 12.6. The smallest absolute Gasteiger partial charge is 0.371 e. The van der Waals surface area contributed by atoms with E-state index in [9.17, 15) is 18.0 Å². The lowest BCUT2D eigenvalue weighted by Crippen LogP contribution is -2.44. The number of nitrogens with one attached hydrogen (secondary N) is 1. The van der Waals surface area contributed by atoms with Gasteiger partial charge < -0.3 is 14.8 Å². The van der Waals surface area contributed by atoms with Gasteiger partial charge in [0, 0.05) is 54.9 Å². The molecular weight excluding hydrogens is 371 g/mol. The van der Waals surface area contributed by atoms with E-state index >= 15 is 0 Å². The fourth-order valence-corrected chi connectivity index (χ4v) is 3.93. The molecule has 1 amide bonds. The van der Waals surface area contributed by atoms with E-state index in [-0.39, 0.29) is 5.92 Å². The third kappa shape index (κ3) is 3.48. The van der Waals surface area contributed by atoms with Crippen molar-refractivity contribution in [1.82, 2.24) is 19.9 Å². The van der Waals surface area contributed by atoms with Gasteiger partial charge in [0.1, 0.15) is 6.54 Å². The minimum absolute atomic E-state index is 0.382. The van der Waals surface area contributed by atoms with Crippen LogP contribution >= 0.6 is 0 Å². The van der Waals surface area contributed by atoms with Gasteiger partial charge in [-0.15, -0.1) is 0 Å². The van der Waals surface area contributed by atoms with Crippen molar-refractivity contribution in [2.24, 2.45) is 5.92 Å². The Balaban J connectivity index is 1.53. The van der Waals surface area contributed by atoms with E-state index in [0.717, 1.165) is 26.9 Å². The Kier molecular flexibility index (Phi) is 4.60. The van der Waals surface area contributed by atoms with Crippen molar-refractivity contribution in [2.75, 3.05) is 31.6 Å². The number of hydrogen-bond donors (Lipinski definition) is 1. The van der Waals surface area contributed by atoms with Gasteiger partial charge in [0.15, 0.2) is 5.65 Å².